The van der Waals surface area contributed by atoms with Gasteiger partial charge in [-0.3, -0.25) is 8.42 Å². The molecule has 0 atom stereocenters. The van der Waals surface area contributed by atoms with E-state index >= 15 is 0 Å². The van der Waals surface area contributed by atoms with Gasteiger partial charge in [-0.1, -0.05) is 60.7 Å². The normalized spacial score (nSPS) is 15.1. The smallest absolute Gasteiger partial charge is 0.161 e. The number of quaternary nitrogens is 2. The molecule has 2 aliphatic rings. The van der Waals surface area contributed by atoms with Crippen molar-refractivity contribution in [3.63, 3.8) is 0 Å². The van der Waals surface area contributed by atoms with Gasteiger partial charge in [0, 0.05) is 43.8 Å². The molecular formula is C36H44N2O8S. The number of methoxy groups -OCH3 is 4. The SMILES string of the molecule is COc1cc2c(cc1OC)C[N+](C)(Cc1ccccc1)C2.COc1cc2c(cc1OC)C[N+](C)(Cc1ccccc1)C2.O=S(=O)([O-])[O-]. The molecule has 252 valence electrons. The number of hydrogen-bond donors (Lipinski definition) is 0. The van der Waals surface area contributed by atoms with Gasteiger partial charge in [-0.15, -0.1) is 0 Å². The van der Waals surface area contributed by atoms with Crippen molar-refractivity contribution < 1.29 is 45.4 Å². The van der Waals surface area contributed by atoms with E-state index in [1.165, 1.54) is 33.4 Å². The largest absolute Gasteiger partial charge is 0.759 e. The lowest BCUT2D eigenvalue weighted by Gasteiger charge is -2.29. The first-order chi connectivity index (χ1) is 22.3. The lowest BCUT2D eigenvalue weighted by Crippen LogP contribution is -2.37. The molecule has 2 heterocycles. The van der Waals surface area contributed by atoms with Gasteiger partial charge in [0.05, 0.1) is 42.5 Å². The summed E-state index contributed by atoms with van der Waals surface area (Å²) in [6, 6.07) is 29.9. The van der Waals surface area contributed by atoms with E-state index in [1.54, 1.807) is 28.4 Å². The zero-order valence-electron chi connectivity index (χ0n) is 27.9. The Morgan fingerprint density at radius 2 is 0.766 bits per heavy atom. The summed E-state index contributed by atoms with van der Waals surface area (Å²) in [5.41, 5.74) is 8.23. The van der Waals surface area contributed by atoms with Gasteiger partial charge in [-0.05, 0) is 24.3 Å². The molecule has 0 aromatic heterocycles. The Hall–Kier alpha value is -4.13. The molecule has 0 radical (unpaired) electrons. The second-order valence-corrected chi connectivity index (χ2v) is 13.3. The van der Waals surface area contributed by atoms with E-state index < -0.39 is 10.4 Å². The van der Waals surface area contributed by atoms with Crippen LogP contribution in [0.25, 0.3) is 0 Å². The van der Waals surface area contributed by atoms with Crippen molar-refractivity contribution in [2.75, 3.05) is 42.5 Å². The van der Waals surface area contributed by atoms with Crippen LogP contribution >= 0.6 is 0 Å². The second kappa shape index (κ2) is 15.2. The Kier molecular flexibility index (Phi) is 11.5. The molecule has 47 heavy (non-hydrogen) atoms. The summed E-state index contributed by atoms with van der Waals surface area (Å²) in [5.74, 6) is 3.29. The molecule has 4 aromatic rings. The van der Waals surface area contributed by atoms with Gasteiger partial charge < -0.3 is 37.0 Å². The topological polar surface area (TPSA) is 117 Å². The van der Waals surface area contributed by atoms with Crippen LogP contribution < -0.4 is 18.9 Å². The van der Waals surface area contributed by atoms with E-state index in [1.807, 2.05) is 0 Å². The molecule has 10 nitrogen and oxygen atoms in total. The average molecular weight is 665 g/mol. The highest BCUT2D eigenvalue weighted by molar-refractivity contribution is 7.79. The lowest BCUT2D eigenvalue weighted by molar-refractivity contribution is -0.941. The van der Waals surface area contributed by atoms with Crippen molar-refractivity contribution in [2.45, 2.75) is 39.3 Å². The van der Waals surface area contributed by atoms with Gasteiger partial charge >= 0.3 is 0 Å². The summed E-state index contributed by atoms with van der Waals surface area (Å²) in [7, 11) is 6.22. The predicted octanol–water partition coefficient (Wildman–Crippen LogP) is 5.39. The first-order valence-electron chi connectivity index (χ1n) is 15.2. The number of fused-ring (bicyclic) bond motifs is 2. The fourth-order valence-electron chi connectivity index (χ4n) is 6.54. The van der Waals surface area contributed by atoms with Gasteiger partial charge in [0.25, 0.3) is 0 Å². The Balaban J connectivity index is 0.000000186. The third-order valence-electron chi connectivity index (χ3n) is 8.43. The zero-order valence-corrected chi connectivity index (χ0v) is 28.7. The molecule has 0 bridgehead atoms. The average Bonchev–Trinajstić information content (AvgIpc) is 3.53. The molecule has 0 spiro atoms. The zero-order chi connectivity index (χ0) is 34.2. The maximum atomic E-state index is 8.52. The Morgan fingerprint density at radius 3 is 0.979 bits per heavy atom. The molecule has 6 rings (SSSR count). The monoisotopic (exact) mass is 664 g/mol. The molecule has 0 fully saturated rings. The molecule has 0 saturated carbocycles. The summed E-state index contributed by atoms with van der Waals surface area (Å²) in [6.07, 6.45) is 0. The summed E-state index contributed by atoms with van der Waals surface area (Å²) in [5, 5.41) is 0. The minimum atomic E-state index is -5.17. The van der Waals surface area contributed by atoms with Crippen molar-refractivity contribution in [1.82, 2.24) is 0 Å². The van der Waals surface area contributed by atoms with E-state index in [0.29, 0.717) is 0 Å². The van der Waals surface area contributed by atoms with Crippen LogP contribution in [0.1, 0.15) is 33.4 Å². The first-order valence-corrected chi connectivity index (χ1v) is 16.5. The highest BCUT2D eigenvalue weighted by atomic mass is 32.3. The number of ether oxygens (including phenoxy) is 4. The van der Waals surface area contributed by atoms with Crippen LogP contribution in [0, 0.1) is 0 Å². The fraction of sp³-hybridized carbons (Fsp3) is 0.333. The molecule has 4 aromatic carbocycles. The van der Waals surface area contributed by atoms with E-state index in [0.717, 1.165) is 71.2 Å². The summed E-state index contributed by atoms with van der Waals surface area (Å²) >= 11 is 0. The highest BCUT2D eigenvalue weighted by Gasteiger charge is 2.34. The van der Waals surface area contributed by atoms with Gasteiger partial charge in [0.1, 0.15) is 39.3 Å². The second-order valence-electron chi connectivity index (χ2n) is 12.5. The molecule has 0 saturated heterocycles. The van der Waals surface area contributed by atoms with Crippen LogP contribution in [-0.2, 0) is 49.7 Å². The maximum Gasteiger partial charge on any atom is 0.161 e. The van der Waals surface area contributed by atoms with Crippen molar-refractivity contribution >= 4 is 10.4 Å². The molecule has 0 N–H and O–H groups in total. The lowest BCUT2D eigenvalue weighted by atomic mass is 10.1. The summed E-state index contributed by atoms with van der Waals surface area (Å²) in [4.78, 5) is 0. The fourth-order valence-corrected chi connectivity index (χ4v) is 6.54. The van der Waals surface area contributed by atoms with E-state index in [9.17, 15) is 0 Å². The molecule has 0 amide bonds. The van der Waals surface area contributed by atoms with Gasteiger partial charge in [0.2, 0.25) is 0 Å². The number of rotatable bonds is 8. The van der Waals surface area contributed by atoms with Crippen molar-refractivity contribution in [3.8, 4) is 23.0 Å². The quantitative estimate of drug-likeness (QED) is 0.140. The summed E-state index contributed by atoms with van der Waals surface area (Å²) < 4.78 is 57.7. The van der Waals surface area contributed by atoms with E-state index in [2.05, 4.69) is 99.0 Å². The summed E-state index contributed by atoms with van der Waals surface area (Å²) in [6.45, 7) is 6.21. The Bertz CT molecular complexity index is 1560. The van der Waals surface area contributed by atoms with Crippen LogP contribution in [-0.4, -0.2) is 69.0 Å². The van der Waals surface area contributed by atoms with Gasteiger partial charge in [-0.25, -0.2) is 0 Å². The number of nitrogens with zero attached hydrogens (tertiary/aromatic N) is 2. The molecule has 11 heteroatoms. The predicted molar refractivity (Wildman–Crippen MR) is 177 cm³/mol. The maximum absolute atomic E-state index is 8.52. The van der Waals surface area contributed by atoms with Crippen LogP contribution in [0.3, 0.4) is 0 Å². The van der Waals surface area contributed by atoms with Crippen molar-refractivity contribution in [2.24, 2.45) is 0 Å². The van der Waals surface area contributed by atoms with E-state index in [4.69, 9.17) is 36.5 Å². The van der Waals surface area contributed by atoms with Crippen molar-refractivity contribution in [3.05, 3.63) is 118 Å². The van der Waals surface area contributed by atoms with Crippen LogP contribution in [0.5, 0.6) is 23.0 Å². The standard InChI is InChI=1S/2C18H22NO2.H2O4S/c2*1-19(11-14-7-5-4-6-8-14)12-15-9-17(20-2)18(21-3)10-16(15)13-19;1-5(2,3)4/h2*4-10H,11-13H2,1-3H3;(H2,1,2,3,4)/q2*+1;/p-2. The minimum Gasteiger partial charge on any atom is -0.759 e. The van der Waals surface area contributed by atoms with E-state index in [-0.39, 0.29) is 0 Å². The van der Waals surface area contributed by atoms with Gasteiger partial charge in [0.15, 0.2) is 23.0 Å². The molecule has 2 aliphatic heterocycles. The van der Waals surface area contributed by atoms with Crippen LogP contribution in [0.15, 0.2) is 84.9 Å². The third-order valence-corrected chi connectivity index (χ3v) is 8.43. The molecule has 0 aliphatic carbocycles. The third kappa shape index (κ3) is 9.93. The Labute approximate surface area is 278 Å². The molecule has 0 unspecified atom stereocenters. The van der Waals surface area contributed by atoms with Gasteiger partial charge in [-0.2, -0.15) is 0 Å². The Morgan fingerprint density at radius 1 is 0.532 bits per heavy atom. The molecular weight excluding hydrogens is 620 g/mol. The van der Waals surface area contributed by atoms with Crippen LogP contribution in [0.2, 0.25) is 0 Å². The van der Waals surface area contributed by atoms with Crippen LogP contribution in [0.4, 0.5) is 0 Å². The number of benzene rings is 4. The van der Waals surface area contributed by atoms with Crippen molar-refractivity contribution in [1.29, 1.82) is 0 Å². The number of hydrogen-bond acceptors (Lipinski definition) is 8. The first kappa shape index (κ1) is 35.7. The minimum absolute atomic E-state index is 0.824. The highest BCUT2D eigenvalue weighted by Crippen LogP contribution is 2.39.